The number of aliphatic imine (C=N–C) groups is 3. The van der Waals surface area contributed by atoms with E-state index in [1.165, 1.54) is 125 Å². The molecule has 0 amide bonds. The molecule has 0 spiro atoms. The summed E-state index contributed by atoms with van der Waals surface area (Å²) >= 11 is 0. The topological polar surface area (TPSA) is 88.6 Å². The molecule has 4 aromatic carbocycles. The summed E-state index contributed by atoms with van der Waals surface area (Å²) in [5.41, 5.74) is 20.4. The average molecular weight is 1380 g/mol. The largest absolute Gasteiger partial charge is 1.00 e. The van der Waals surface area contributed by atoms with E-state index in [2.05, 4.69) is 282 Å². The van der Waals surface area contributed by atoms with Crippen LogP contribution in [0.2, 0.25) is 0 Å². The van der Waals surface area contributed by atoms with Gasteiger partial charge in [0.05, 0.1) is 0 Å². The Morgan fingerprint density at radius 2 is 0.704 bits per heavy atom. The maximum absolute atomic E-state index is 5.61. The van der Waals surface area contributed by atoms with Crippen LogP contribution in [0.5, 0.6) is 0 Å². The normalized spacial score (nSPS) is 15.1. The molecule has 0 aromatic heterocycles. The molecule has 2 saturated carbocycles. The van der Waals surface area contributed by atoms with Crippen molar-refractivity contribution in [1.29, 1.82) is 0 Å². The van der Waals surface area contributed by atoms with E-state index in [9.17, 15) is 0 Å². The number of ether oxygens (including phenoxy) is 1. The van der Waals surface area contributed by atoms with E-state index in [0.29, 0.717) is 35.8 Å². The van der Waals surface area contributed by atoms with Crippen LogP contribution in [0.15, 0.2) is 75.6 Å². The first-order valence-electron chi connectivity index (χ1n) is 37.0. The van der Waals surface area contributed by atoms with Gasteiger partial charge in [-0.15, -0.1) is 0 Å². The fourth-order valence-electron chi connectivity index (χ4n) is 14.5. The van der Waals surface area contributed by atoms with E-state index in [1.54, 1.807) is 0 Å². The zero-order chi connectivity index (χ0) is 72.5. The molecule has 0 unspecified atom stereocenters. The minimum absolute atomic E-state index is 0. The maximum Gasteiger partial charge on any atom is 1.00 e. The van der Waals surface area contributed by atoms with Crippen LogP contribution in [0.1, 0.15) is 337 Å². The van der Waals surface area contributed by atoms with Gasteiger partial charge in [0.2, 0.25) is 0 Å². The van der Waals surface area contributed by atoms with Gasteiger partial charge >= 0.3 is 56.6 Å². The molecule has 0 saturated heterocycles. The van der Waals surface area contributed by atoms with Crippen molar-refractivity contribution in [2.45, 2.75) is 366 Å². The molecule has 2 aliphatic rings. The van der Waals surface area contributed by atoms with Crippen LogP contribution in [-0.4, -0.2) is 73.0 Å². The minimum atomic E-state index is -0.697. The van der Waals surface area contributed by atoms with Crippen molar-refractivity contribution in [3.63, 3.8) is 0 Å². The molecule has 0 bridgehead atoms. The summed E-state index contributed by atoms with van der Waals surface area (Å²) in [6, 6.07) is 23.4. The van der Waals surface area contributed by atoms with Gasteiger partial charge in [0.1, 0.15) is 0 Å². The van der Waals surface area contributed by atoms with Crippen LogP contribution in [0.4, 0.5) is 22.7 Å². The third-order valence-electron chi connectivity index (χ3n) is 17.6. The van der Waals surface area contributed by atoms with Gasteiger partial charge < -0.3 is 35.7 Å². The van der Waals surface area contributed by atoms with Gasteiger partial charge in [-0.05, 0) is 189 Å². The van der Waals surface area contributed by atoms with E-state index in [-0.39, 0.29) is 95.4 Å². The summed E-state index contributed by atoms with van der Waals surface area (Å²) in [6.45, 7) is 79.4. The molecule has 2 fully saturated rings. The van der Waals surface area contributed by atoms with Gasteiger partial charge in [0, 0.05) is 13.2 Å². The summed E-state index contributed by atoms with van der Waals surface area (Å²) in [5, 5.41) is 17.1. The summed E-state index contributed by atoms with van der Waals surface area (Å²) in [4.78, 5) is 16.3. The van der Waals surface area contributed by atoms with E-state index in [4.69, 9.17) is 35.7 Å². The van der Waals surface area contributed by atoms with Gasteiger partial charge in [-0.25, -0.2) is 0 Å². The number of hydrogen-bond acceptors (Lipinski definition) is 4. The van der Waals surface area contributed by atoms with Gasteiger partial charge in [-0.1, -0.05) is 357 Å². The fourth-order valence-corrected chi connectivity index (χ4v) is 25.5. The van der Waals surface area contributed by atoms with Gasteiger partial charge in [0.15, 0.2) is 0 Å². The molecule has 0 heterocycles. The zero-order valence-electron chi connectivity index (χ0n) is 70.7. The number of rotatable bonds is 15. The smallest absolute Gasteiger partial charge is 0.462 e. The first-order chi connectivity index (χ1) is 43.7. The van der Waals surface area contributed by atoms with E-state index >= 15 is 0 Å². The minimum Gasteiger partial charge on any atom is -0.462 e. The SMILES string of the molecule is CC(C)(C)P(C(=NC1CCCCC1)[N-]C1CCCCC1)C(C)(C)C.CC(C)c1cccc(C(C)C)c1N=C([N-]c1c(C(C)C)cccc1C(C)C)P(C(C)(C)C)C(C)(C)C.CCOCC.Cc1cc(C)c(N=C([N-]c2c(C)cc(C)cc2C)P(C(C)(C)C)C(C)(C)C)c(C)c1.[Li+].[Li+].[Li+]. The van der Waals surface area contributed by atoms with Crippen LogP contribution < -0.4 is 56.6 Å². The second kappa shape index (κ2) is 42.5. The van der Waals surface area contributed by atoms with Crippen molar-refractivity contribution in [3.8, 4) is 0 Å². The Hall–Kier alpha value is -1.67. The molecule has 7 nitrogen and oxygen atoms in total. The first-order valence-corrected chi connectivity index (χ1v) is 41.0. The summed E-state index contributed by atoms with van der Waals surface area (Å²) < 4.78 is 4.83. The molecule has 13 heteroatoms. The molecule has 0 N–H and O–H groups in total. The second-order valence-corrected chi connectivity index (χ2v) is 45.9. The quantitative estimate of drug-likeness (QED) is 0.0505. The molecule has 0 radical (unpaired) electrons. The molecule has 6 rings (SSSR count). The van der Waals surface area contributed by atoms with Crippen LogP contribution in [0.3, 0.4) is 0 Å². The molecule has 2 aliphatic carbocycles. The fraction of sp³-hybridized carbons (Fsp3) is 0.682. The van der Waals surface area contributed by atoms with Gasteiger partial charge in [-0.2, -0.15) is 0 Å². The average Bonchev–Trinajstić information content (AvgIpc) is 0.788. The molecule has 98 heavy (non-hydrogen) atoms. The third kappa shape index (κ3) is 30.4. The first kappa shape index (κ1) is 96.3. The monoisotopic (exact) mass is 1380 g/mol. The number of nitrogens with zero attached hydrogens (tertiary/aromatic N) is 6. The van der Waals surface area contributed by atoms with E-state index in [1.807, 2.05) is 13.8 Å². The molecule has 536 valence electrons. The van der Waals surface area contributed by atoms with Crippen molar-refractivity contribution in [1.82, 2.24) is 0 Å². The third-order valence-corrected chi connectivity index (χ3v) is 27.5. The molecular weight excluding hydrogens is 1230 g/mol. The summed E-state index contributed by atoms with van der Waals surface area (Å²) in [5.74, 6) is 1.59. The van der Waals surface area contributed by atoms with Crippen molar-refractivity contribution >= 4 is 63.2 Å². The van der Waals surface area contributed by atoms with Crippen LogP contribution in [0, 0.1) is 41.5 Å². The molecule has 4 aromatic rings. The number of hydrogen-bond donors (Lipinski definition) is 0. The summed E-state index contributed by atoms with van der Waals surface area (Å²) in [7, 11) is -1.70. The molecule has 0 aliphatic heterocycles. The Labute approximate surface area is 646 Å². The van der Waals surface area contributed by atoms with Crippen LogP contribution in [0.25, 0.3) is 16.0 Å². The molecular formula is C85H142Li3N6OP3. The molecule has 0 atom stereocenters. The number of amidine groups is 3. The van der Waals surface area contributed by atoms with Crippen LogP contribution >= 0.6 is 23.8 Å². The number of aryl methyl sites for hydroxylation is 6. The second-order valence-electron chi connectivity index (χ2n) is 34.7. The number of para-hydroxylation sites is 2. The Morgan fingerprint density at radius 3 is 1.02 bits per heavy atom. The predicted octanol–water partition coefficient (Wildman–Crippen LogP) is 20.8. The Morgan fingerprint density at radius 1 is 0.408 bits per heavy atom. The van der Waals surface area contributed by atoms with E-state index in [0.717, 1.165) is 47.1 Å². The van der Waals surface area contributed by atoms with Crippen LogP contribution in [-0.2, 0) is 4.74 Å². The van der Waals surface area contributed by atoms with Crippen molar-refractivity contribution in [3.05, 3.63) is 132 Å². The zero-order valence-corrected chi connectivity index (χ0v) is 73.3. The number of benzene rings is 4. The Bertz CT molecular complexity index is 2970. The van der Waals surface area contributed by atoms with Gasteiger partial charge in [0.25, 0.3) is 0 Å². The maximum atomic E-state index is 5.61. The Kier molecular flexibility index (Phi) is 41.7. The predicted molar refractivity (Wildman–Crippen MR) is 437 cm³/mol. The van der Waals surface area contributed by atoms with Crippen molar-refractivity contribution in [2.24, 2.45) is 15.0 Å². The standard InChI is InChI=1S/C33H52N2P.C27H40N2P.C21H40N2P.C4H10O.3Li/c1-21(2)25-17-15-18-26(22(3)4)29(25)34-31(36(32(9,10)11)33(12,13)14)35-30-27(23(5)6)19-16-20-28(30)24(7)8;1-17-13-19(3)23(20(4)14-17)28-25(30(26(7,8)9)27(10,11)12)29-24-21(5)15-18(2)16-22(24)6;1-20(2,3)24(21(4,5)6)19(22-17-13-9-7-10-14-17)23-18-15-11-8-12-16-18;1-3-5-4-2;;;/h15-24H,1-14H3;13-16H,1-12H3;17-18H,7-16H2,1-6H3;3-4H2,1-2H3;;;/q3*-1;;3*+1. The summed E-state index contributed by atoms with van der Waals surface area (Å²) in [6.07, 6.45) is 13.3. The van der Waals surface area contributed by atoms with Crippen molar-refractivity contribution < 1.29 is 61.3 Å². The van der Waals surface area contributed by atoms with E-state index < -0.39 is 15.8 Å². The van der Waals surface area contributed by atoms with Gasteiger partial charge in [-0.3, -0.25) is 0 Å². The van der Waals surface area contributed by atoms with Crippen molar-refractivity contribution in [2.75, 3.05) is 13.2 Å². The Balaban J connectivity index is 0.00000139.